The number of methoxy groups -OCH3 is 1. The molecular weight excluding hydrogens is 230 g/mol. The van der Waals surface area contributed by atoms with Gasteiger partial charge in [-0.25, -0.2) is 0 Å². The summed E-state index contributed by atoms with van der Waals surface area (Å²) in [6.07, 6.45) is 5.32. The minimum atomic E-state index is 0.162. The fourth-order valence-corrected chi connectivity index (χ4v) is 2.51. The van der Waals surface area contributed by atoms with Crippen molar-refractivity contribution in [2.45, 2.75) is 38.3 Å². The molecule has 0 bridgehead atoms. The quantitative estimate of drug-likeness (QED) is 0.837. The van der Waals surface area contributed by atoms with Crippen LogP contribution in [0.4, 0.5) is 0 Å². The van der Waals surface area contributed by atoms with E-state index in [-0.39, 0.29) is 12.1 Å². The summed E-state index contributed by atoms with van der Waals surface area (Å²) < 4.78 is 13.1. The van der Waals surface area contributed by atoms with E-state index in [1.54, 1.807) is 13.3 Å². The summed E-state index contributed by atoms with van der Waals surface area (Å²) in [5.74, 6) is 0.835. The normalized spacial score (nSPS) is 21.2. The predicted octanol–water partition coefficient (Wildman–Crippen LogP) is 1.65. The van der Waals surface area contributed by atoms with E-state index < -0.39 is 0 Å². The van der Waals surface area contributed by atoms with Crippen molar-refractivity contribution in [2.24, 2.45) is 7.05 Å². The van der Waals surface area contributed by atoms with Crippen molar-refractivity contribution in [3.8, 4) is 5.75 Å². The number of rotatable bonds is 6. The fraction of sp³-hybridized carbons (Fsp3) is 0.769. The first-order valence-corrected chi connectivity index (χ1v) is 6.68. The van der Waals surface area contributed by atoms with Gasteiger partial charge in [0.1, 0.15) is 0 Å². The topological polar surface area (TPSA) is 48.3 Å². The average Bonchev–Trinajstić information content (AvgIpc) is 3.01. The molecule has 1 N–H and O–H groups in total. The molecule has 0 saturated carbocycles. The zero-order valence-corrected chi connectivity index (χ0v) is 11.5. The van der Waals surface area contributed by atoms with E-state index in [4.69, 9.17) is 9.47 Å². The van der Waals surface area contributed by atoms with Gasteiger partial charge in [0.2, 0.25) is 0 Å². The van der Waals surface area contributed by atoms with Crippen LogP contribution >= 0.6 is 0 Å². The standard InChI is InChI=1S/C13H23N3O2/c1-4-7-14-12(10-6-5-8-18-10)13-11(17-3)9-15-16(13)2/h9-10,12,14H,4-8H2,1-3H3. The van der Waals surface area contributed by atoms with E-state index >= 15 is 0 Å². The van der Waals surface area contributed by atoms with Crippen molar-refractivity contribution in [3.63, 3.8) is 0 Å². The summed E-state index contributed by atoms with van der Waals surface area (Å²) in [5.41, 5.74) is 1.08. The molecule has 0 spiro atoms. The van der Waals surface area contributed by atoms with Crippen LogP contribution in [0.2, 0.25) is 0 Å². The third kappa shape index (κ3) is 2.67. The molecule has 2 rings (SSSR count). The lowest BCUT2D eigenvalue weighted by Crippen LogP contribution is -2.34. The predicted molar refractivity (Wildman–Crippen MR) is 69.8 cm³/mol. The first-order valence-electron chi connectivity index (χ1n) is 6.68. The van der Waals surface area contributed by atoms with Gasteiger partial charge in [-0.1, -0.05) is 6.92 Å². The van der Waals surface area contributed by atoms with Crippen LogP contribution in [0.1, 0.15) is 37.9 Å². The van der Waals surface area contributed by atoms with E-state index in [0.717, 1.165) is 43.9 Å². The van der Waals surface area contributed by atoms with Gasteiger partial charge in [-0.15, -0.1) is 0 Å². The summed E-state index contributed by atoms with van der Waals surface area (Å²) >= 11 is 0. The van der Waals surface area contributed by atoms with Crippen LogP contribution in [0.15, 0.2) is 6.20 Å². The first kappa shape index (κ1) is 13.4. The zero-order chi connectivity index (χ0) is 13.0. The van der Waals surface area contributed by atoms with Crippen LogP contribution in [-0.2, 0) is 11.8 Å². The third-order valence-electron chi connectivity index (χ3n) is 3.41. The maximum absolute atomic E-state index is 5.83. The smallest absolute Gasteiger partial charge is 0.161 e. The van der Waals surface area contributed by atoms with Gasteiger partial charge in [-0.3, -0.25) is 4.68 Å². The minimum Gasteiger partial charge on any atom is -0.493 e. The SMILES string of the molecule is CCCNC(c1c(OC)cnn1C)C1CCCO1. The highest BCUT2D eigenvalue weighted by Gasteiger charge is 2.31. The number of nitrogens with zero attached hydrogens (tertiary/aromatic N) is 2. The Kier molecular flexibility index (Phi) is 4.60. The average molecular weight is 253 g/mol. The summed E-state index contributed by atoms with van der Waals surface area (Å²) in [7, 11) is 3.64. The summed E-state index contributed by atoms with van der Waals surface area (Å²) in [6, 6.07) is 0.162. The Hall–Kier alpha value is -1.07. The molecule has 1 aromatic heterocycles. The number of ether oxygens (including phenoxy) is 2. The molecule has 18 heavy (non-hydrogen) atoms. The second-order valence-electron chi connectivity index (χ2n) is 4.71. The van der Waals surface area contributed by atoms with Gasteiger partial charge in [-0.2, -0.15) is 5.10 Å². The van der Waals surface area contributed by atoms with Gasteiger partial charge in [0.15, 0.2) is 5.75 Å². The maximum atomic E-state index is 5.83. The van der Waals surface area contributed by atoms with Gasteiger partial charge in [0.05, 0.1) is 31.1 Å². The minimum absolute atomic E-state index is 0.162. The molecule has 1 aliphatic heterocycles. The molecule has 1 aliphatic rings. The second-order valence-corrected chi connectivity index (χ2v) is 4.71. The lowest BCUT2D eigenvalue weighted by molar-refractivity contribution is 0.0749. The summed E-state index contributed by atoms with van der Waals surface area (Å²) in [5, 5.41) is 7.85. The van der Waals surface area contributed by atoms with E-state index in [9.17, 15) is 0 Å². The van der Waals surface area contributed by atoms with Gasteiger partial charge in [0, 0.05) is 13.7 Å². The Labute approximate surface area is 108 Å². The molecule has 1 fully saturated rings. The summed E-state index contributed by atoms with van der Waals surface area (Å²) in [6.45, 7) is 3.99. The Balaban J connectivity index is 2.23. The van der Waals surface area contributed by atoms with Crippen LogP contribution in [0.5, 0.6) is 5.75 Å². The highest BCUT2D eigenvalue weighted by Crippen LogP contribution is 2.32. The van der Waals surface area contributed by atoms with Crippen molar-refractivity contribution in [1.29, 1.82) is 0 Å². The molecule has 0 radical (unpaired) electrons. The molecule has 102 valence electrons. The van der Waals surface area contributed by atoms with E-state index in [1.165, 1.54) is 0 Å². The highest BCUT2D eigenvalue weighted by atomic mass is 16.5. The maximum Gasteiger partial charge on any atom is 0.161 e. The van der Waals surface area contributed by atoms with Crippen molar-refractivity contribution in [3.05, 3.63) is 11.9 Å². The van der Waals surface area contributed by atoms with Crippen molar-refractivity contribution < 1.29 is 9.47 Å². The molecule has 0 aromatic carbocycles. The molecule has 2 heterocycles. The molecule has 2 atom stereocenters. The van der Waals surface area contributed by atoms with Crippen LogP contribution < -0.4 is 10.1 Å². The Morgan fingerprint density at radius 3 is 3.11 bits per heavy atom. The van der Waals surface area contributed by atoms with Crippen LogP contribution in [0, 0.1) is 0 Å². The molecule has 0 amide bonds. The van der Waals surface area contributed by atoms with Gasteiger partial charge in [0.25, 0.3) is 0 Å². The number of aryl methyl sites for hydroxylation is 1. The molecule has 0 aliphatic carbocycles. The van der Waals surface area contributed by atoms with E-state index in [2.05, 4.69) is 17.3 Å². The van der Waals surface area contributed by atoms with Gasteiger partial charge < -0.3 is 14.8 Å². The second kappa shape index (κ2) is 6.20. The van der Waals surface area contributed by atoms with E-state index in [1.807, 2.05) is 11.7 Å². The number of nitrogens with one attached hydrogen (secondary N) is 1. The fourth-order valence-electron chi connectivity index (χ4n) is 2.51. The molecule has 5 nitrogen and oxygen atoms in total. The lowest BCUT2D eigenvalue weighted by atomic mass is 10.0. The third-order valence-corrected chi connectivity index (χ3v) is 3.41. The largest absolute Gasteiger partial charge is 0.493 e. The highest BCUT2D eigenvalue weighted by molar-refractivity contribution is 5.29. The number of hydrogen-bond donors (Lipinski definition) is 1. The zero-order valence-electron chi connectivity index (χ0n) is 11.5. The Morgan fingerprint density at radius 2 is 2.50 bits per heavy atom. The molecule has 1 saturated heterocycles. The van der Waals surface area contributed by atoms with Crippen LogP contribution in [-0.4, -0.2) is 36.1 Å². The van der Waals surface area contributed by atoms with Crippen molar-refractivity contribution >= 4 is 0 Å². The summed E-state index contributed by atoms with van der Waals surface area (Å²) in [4.78, 5) is 0. The van der Waals surface area contributed by atoms with Crippen molar-refractivity contribution in [1.82, 2.24) is 15.1 Å². The number of aromatic nitrogens is 2. The molecule has 1 aromatic rings. The van der Waals surface area contributed by atoms with Crippen LogP contribution in [0.3, 0.4) is 0 Å². The first-order chi connectivity index (χ1) is 8.77. The molecule has 2 unspecified atom stereocenters. The van der Waals surface area contributed by atoms with E-state index in [0.29, 0.717) is 0 Å². The lowest BCUT2D eigenvalue weighted by Gasteiger charge is -2.25. The van der Waals surface area contributed by atoms with Gasteiger partial charge in [-0.05, 0) is 25.8 Å². The molecule has 5 heteroatoms. The monoisotopic (exact) mass is 253 g/mol. The number of hydrogen-bond acceptors (Lipinski definition) is 4. The Morgan fingerprint density at radius 1 is 1.67 bits per heavy atom. The van der Waals surface area contributed by atoms with Crippen LogP contribution in [0.25, 0.3) is 0 Å². The van der Waals surface area contributed by atoms with Gasteiger partial charge >= 0.3 is 0 Å². The van der Waals surface area contributed by atoms with Crippen molar-refractivity contribution in [2.75, 3.05) is 20.3 Å². The molecular formula is C13H23N3O2. The Bertz CT molecular complexity index is 372.